The van der Waals surface area contributed by atoms with Crippen LogP contribution in [0.3, 0.4) is 0 Å². The molecular formula is C25H18FN. The predicted octanol–water partition coefficient (Wildman–Crippen LogP) is 6.90. The Kier molecular flexibility index (Phi) is 3.58. The summed E-state index contributed by atoms with van der Waals surface area (Å²) < 4.78 is 15.6. The van der Waals surface area contributed by atoms with Crippen molar-refractivity contribution in [1.29, 1.82) is 0 Å². The van der Waals surface area contributed by atoms with Crippen molar-refractivity contribution in [1.82, 2.24) is 4.57 Å². The smallest absolute Gasteiger partial charge is 0.123 e. The van der Waals surface area contributed by atoms with Gasteiger partial charge in [-0.3, -0.25) is 0 Å². The van der Waals surface area contributed by atoms with Crippen LogP contribution in [0.2, 0.25) is 0 Å². The van der Waals surface area contributed by atoms with Gasteiger partial charge in [-0.15, -0.1) is 0 Å². The molecule has 0 saturated carbocycles. The predicted molar refractivity (Wildman–Crippen MR) is 111 cm³/mol. The molecule has 5 aromatic rings. The van der Waals surface area contributed by atoms with Crippen molar-refractivity contribution in [3.8, 4) is 16.8 Å². The summed E-state index contributed by atoms with van der Waals surface area (Å²) in [7, 11) is 0. The third kappa shape index (κ3) is 2.61. The molecule has 0 fully saturated rings. The quantitative estimate of drug-likeness (QED) is 0.326. The highest BCUT2D eigenvalue weighted by atomic mass is 19.1. The van der Waals surface area contributed by atoms with Gasteiger partial charge in [-0.1, -0.05) is 54.1 Å². The summed E-state index contributed by atoms with van der Waals surface area (Å²) in [5, 5.41) is 2.40. The van der Waals surface area contributed by atoms with Gasteiger partial charge in [0.05, 0.1) is 11.0 Å². The van der Waals surface area contributed by atoms with Crippen LogP contribution in [0, 0.1) is 12.7 Å². The van der Waals surface area contributed by atoms with Gasteiger partial charge in [0.25, 0.3) is 0 Å². The highest BCUT2D eigenvalue weighted by Gasteiger charge is 2.13. The summed E-state index contributed by atoms with van der Waals surface area (Å²) >= 11 is 0. The SMILES string of the molecule is Cc1ccc(-c2ccc3c(c2)c2ccccc2n3-c2ccc(F)cc2)cc1. The minimum absolute atomic E-state index is 0.221. The van der Waals surface area contributed by atoms with Crippen LogP contribution in [0.25, 0.3) is 38.6 Å². The molecule has 0 aliphatic carbocycles. The van der Waals surface area contributed by atoms with E-state index in [4.69, 9.17) is 0 Å². The highest BCUT2D eigenvalue weighted by Crippen LogP contribution is 2.34. The fourth-order valence-corrected chi connectivity index (χ4v) is 3.77. The molecule has 0 aliphatic rings. The summed E-state index contributed by atoms with van der Waals surface area (Å²) in [5.41, 5.74) is 6.88. The lowest BCUT2D eigenvalue weighted by molar-refractivity contribution is 0.627. The average molecular weight is 351 g/mol. The Labute approximate surface area is 157 Å². The zero-order valence-electron chi connectivity index (χ0n) is 15.0. The van der Waals surface area contributed by atoms with Gasteiger partial charge in [0.15, 0.2) is 0 Å². The van der Waals surface area contributed by atoms with Gasteiger partial charge in [0, 0.05) is 16.5 Å². The maximum Gasteiger partial charge on any atom is 0.123 e. The Balaban J connectivity index is 1.80. The van der Waals surface area contributed by atoms with E-state index in [1.807, 2.05) is 18.2 Å². The summed E-state index contributed by atoms with van der Waals surface area (Å²) in [5.74, 6) is -0.221. The van der Waals surface area contributed by atoms with Crippen LogP contribution in [0.1, 0.15) is 5.56 Å². The van der Waals surface area contributed by atoms with Gasteiger partial charge in [0.1, 0.15) is 5.82 Å². The standard InChI is InChI=1S/C25H18FN/c1-17-6-8-18(9-7-17)19-10-15-25-23(16-19)22-4-2-3-5-24(22)27(25)21-13-11-20(26)12-14-21/h2-16H,1H3. The molecule has 0 aliphatic heterocycles. The third-order valence-electron chi connectivity index (χ3n) is 5.14. The Bertz CT molecular complexity index is 1260. The molecule has 2 heteroatoms. The molecule has 0 bridgehead atoms. The second-order valence-electron chi connectivity index (χ2n) is 6.93. The molecule has 5 rings (SSSR count). The van der Waals surface area contributed by atoms with Crippen molar-refractivity contribution in [2.24, 2.45) is 0 Å². The molecule has 1 aromatic heterocycles. The lowest BCUT2D eigenvalue weighted by atomic mass is 10.0. The molecule has 1 heterocycles. The number of aryl methyl sites for hydroxylation is 1. The van der Waals surface area contributed by atoms with Crippen LogP contribution >= 0.6 is 0 Å². The van der Waals surface area contributed by atoms with Gasteiger partial charge in [-0.25, -0.2) is 4.39 Å². The monoisotopic (exact) mass is 351 g/mol. The van der Waals surface area contributed by atoms with E-state index < -0.39 is 0 Å². The fraction of sp³-hybridized carbons (Fsp3) is 0.0400. The fourth-order valence-electron chi connectivity index (χ4n) is 3.77. The average Bonchev–Trinajstić information content (AvgIpc) is 3.03. The number of para-hydroxylation sites is 1. The van der Waals surface area contributed by atoms with Crippen LogP contribution < -0.4 is 0 Å². The number of halogens is 1. The summed E-state index contributed by atoms with van der Waals surface area (Å²) in [6.45, 7) is 2.10. The Hall–Kier alpha value is -3.39. The number of nitrogens with zero attached hydrogens (tertiary/aromatic N) is 1. The number of aromatic nitrogens is 1. The summed E-state index contributed by atoms with van der Waals surface area (Å²) in [6.07, 6.45) is 0. The molecule has 27 heavy (non-hydrogen) atoms. The molecule has 0 N–H and O–H groups in total. The molecular weight excluding hydrogens is 333 g/mol. The third-order valence-corrected chi connectivity index (χ3v) is 5.14. The van der Waals surface area contributed by atoms with Crippen molar-refractivity contribution in [2.75, 3.05) is 0 Å². The van der Waals surface area contributed by atoms with E-state index in [0.29, 0.717) is 0 Å². The normalized spacial score (nSPS) is 11.3. The van der Waals surface area contributed by atoms with E-state index in [2.05, 4.69) is 72.2 Å². The van der Waals surface area contributed by atoms with E-state index in [-0.39, 0.29) is 5.82 Å². The summed E-state index contributed by atoms with van der Waals surface area (Å²) in [6, 6.07) is 30.2. The van der Waals surface area contributed by atoms with Gasteiger partial charge in [0.2, 0.25) is 0 Å². The van der Waals surface area contributed by atoms with E-state index in [1.165, 1.54) is 39.6 Å². The Morgan fingerprint density at radius 3 is 2.07 bits per heavy atom. The lowest BCUT2D eigenvalue weighted by Gasteiger charge is -2.08. The van der Waals surface area contributed by atoms with Gasteiger partial charge < -0.3 is 4.57 Å². The molecule has 0 amide bonds. The molecule has 130 valence electrons. The number of fused-ring (bicyclic) bond motifs is 3. The lowest BCUT2D eigenvalue weighted by Crippen LogP contribution is -1.93. The first-order chi connectivity index (χ1) is 13.2. The Morgan fingerprint density at radius 1 is 0.630 bits per heavy atom. The van der Waals surface area contributed by atoms with Crippen LogP contribution in [-0.4, -0.2) is 4.57 Å². The molecule has 0 atom stereocenters. The minimum Gasteiger partial charge on any atom is -0.309 e. The molecule has 0 saturated heterocycles. The molecule has 1 nitrogen and oxygen atoms in total. The number of rotatable bonds is 2. The minimum atomic E-state index is -0.221. The van der Waals surface area contributed by atoms with Crippen molar-refractivity contribution in [3.05, 3.63) is 102 Å². The molecule has 4 aromatic carbocycles. The second-order valence-corrected chi connectivity index (χ2v) is 6.93. The maximum absolute atomic E-state index is 13.4. The Morgan fingerprint density at radius 2 is 1.30 bits per heavy atom. The second kappa shape index (κ2) is 6.10. The first kappa shape index (κ1) is 15.8. The highest BCUT2D eigenvalue weighted by molar-refractivity contribution is 6.10. The zero-order valence-corrected chi connectivity index (χ0v) is 15.0. The van der Waals surface area contributed by atoms with E-state index in [0.717, 1.165) is 16.7 Å². The number of benzene rings is 4. The van der Waals surface area contributed by atoms with Crippen molar-refractivity contribution >= 4 is 21.8 Å². The molecule has 0 unspecified atom stereocenters. The van der Waals surface area contributed by atoms with E-state index in [9.17, 15) is 4.39 Å². The largest absolute Gasteiger partial charge is 0.309 e. The van der Waals surface area contributed by atoms with Gasteiger partial charge in [-0.05, 0) is 60.5 Å². The van der Waals surface area contributed by atoms with Crippen molar-refractivity contribution in [2.45, 2.75) is 6.92 Å². The van der Waals surface area contributed by atoms with Gasteiger partial charge in [-0.2, -0.15) is 0 Å². The van der Waals surface area contributed by atoms with Crippen molar-refractivity contribution in [3.63, 3.8) is 0 Å². The van der Waals surface area contributed by atoms with E-state index in [1.54, 1.807) is 0 Å². The van der Waals surface area contributed by atoms with Gasteiger partial charge >= 0.3 is 0 Å². The van der Waals surface area contributed by atoms with Crippen molar-refractivity contribution < 1.29 is 4.39 Å². The zero-order chi connectivity index (χ0) is 18.4. The first-order valence-electron chi connectivity index (χ1n) is 9.07. The number of hydrogen-bond acceptors (Lipinski definition) is 0. The topological polar surface area (TPSA) is 4.93 Å². The first-order valence-corrected chi connectivity index (χ1v) is 9.07. The molecule has 0 spiro atoms. The van der Waals surface area contributed by atoms with Crippen LogP contribution in [0.5, 0.6) is 0 Å². The van der Waals surface area contributed by atoms with E-state index >= 15 is 0 Å². The van der Waals surface area contributed by atoms with Crippen LogP contribution in [0.15, 0.2) is 91.0 Å². The number of hydrogen-bond donors (Lipinski definition) is 0. The van der Waals surface area contributed by atoms with Crippen LogP contribution in [0.4, 0.5) is 4.39 Å². The van der Waals surface area contributed by atoms with Crippen LogP contribution in [-0.2, 0) is 0 Å². The summed E-state index contributed by atoms with van der Waals surface area (Å²) in [4.78, 5) is 0. The maximum atomic E-state index is 13.4. The molecule has 0 radical (unpaired) electrons.